The van der Waals surface area contributed by atoms with Gasteiger partial charge in [-0.15, -0.1) is 0 Å². The van der Waals surface area contributed by atoms with Gasteiger partial charge in [-0.25, -0.2) is 4.98 Å². The molecule has 1 rings (SSSR count). The van der Waals surface area contributed by atoms with Crippen LogP contribution in [-0.4, -0.2) is 15.7 Å². The second kappa shape index (κ2) is 4.83. The first-order valence-electron chi connectivity index (χ1n) is 3.82. The Hall–Kier alpha value is -1.95. The molecular weight excluding hydrogens is 162 g/mol. The summed E-state index contributed by atoms with van der Waals surface area (Å²) >= 11 is 0. The van der Waals surface area contributed by atoms with Crippen LogP contribution in [0.3, 0.4) is 0 Å². The number of nitrogens with one attached hydrogen (secondary N) is 1. The molecule has 0 aliphatic heterocycles. The molecule has 0 saturated carbocycles. The molecule has 0 atom stereocenters. The number of hydrogen-bond acceptors (Lipinski definition) is 3. The van der Waals surface area contributed by atoms with Crippen LogP contribution in [0.1, 0.15) is 12.6 Å². The van der Waals surface area contributed by atoms with E-state index in [9.17, 15) is 0 Å². The van der Waals surface area contributed by atoms with Gasteiger partial charge in [0.2, 0.25) is 0 Å². The third-order valence-electron chi connectivity index (χ3n) is 1.22. The highest BCUT2D eigenvalue weighted by Crippen LogP contribution is 1.85. The van der Waals surface area contributed by atoms with E-state index in [4.69, 9.17) is 5.41 Å². The zero-order valence-corrected chi connectivity index (χ0v) is 7.28. The Labute approximate surface area is 77.1 Å². The molecule has 0 amide bonds. The van der Waals surface area contributed by atoms with Gasteiger partial charge in [-0.2, -0.15) is 0 Å². The van der Waals surface area contributed by atoms with Crippen molar-refractivity contribution >= 4 is 5.71 Å². The van der Waals surface area contributed by atoms with Crippen molar-refractivity contribution < 1.29 is 0 Å². The van der Waals surface area contributed by atoms with Gasteiger partial charge in [0.1, 0.15) is 11.4 Å². The maximum Gasteiger partial charge on any atom is 0.131 e. The Morgan fingerprint density at radius 3 is 3.00 bits per heavy atom. The first-order valence-corrected chi connectivity index (χ1v) is 3.82. The van der Waals surface area contributed by atoms with Crippen molar-refractivity contribution in [1.29, 1.82) is 5.41 Å². The second-order valence-corrected chi connectivity index (χ2v) is 2.25. The first kappa shape index (κ1) is 9.14. The predicted octanol–water partition coefficient (Wildman–Crippen LogP) is 1.42. The Kier molecular flexibility index (Phi) is 3.40. The molecule has 3 nitrogen and oxygen atoms in total. The zero-order chi connectivity index (χ0) is 9.52. The molecule has 3 heteroatoms. The molecule has 0 saturated heterocycles. The molecule has 0 aromatic carbocycles. The van der Waals surface area contributed by atoms with Gasteiger partial charge >= 0.3 is 0 Å². The van der Waals surface area contributed by atoms with E-state index in [1.165, 1.54) is 0 Å². The minimum Gasteiger partial charge on any atom is -0.292 e. The lowest BCUT2D eigenvalue weighted by Crippen LogP contribution is -1.86. The normalized spacial score (nSPS) is 9.31. The minimum atomic E-state index is 0.271. The monoisotopic (exact) mass is 171 g/mol. The van der Waals surface area contributed by atoms with Crippen molar-refractivity contribution in [3.8, 4) is 11.8 Å². The summed E-state index contributed by atoms with van der Waals surface area (Å²) in [5.74, 6) is 5.37. The van der Waals surface area contributed by atoms with E-state index in [2.05, 4.69) is 21.8 Å². The molecule has 0 spiro atoms. The molecule has 1 aromatic rings. The maximum absolute atomic E-state index is 7.33. The summed E-state index contributed by atoms with van der Waals surface area (Å²) in [5, 5.41) is 7.33. The van der Waals surface area contributed by atoms with Gasteiger partial charge in [0.05, 0.1) is 6.20 Å². The van der Waals surface area contributed by atoms with Gasteiger partial charge in [-0.3, -0.25) is 10.4 Å². The van der Waals surface area contributed by atoms with Crippen LogP contribution in [0.25, 0.3) is 0 Å². The van der Waals surface area contributed by atoms with Gasteiger partial charge < -0.3 is 0 Å². The fraction of sp³-hybridized carbons (Fsp3) is 0.100. The topological polar surface area (TPSA) is 49.6 Å². The maximum atomic E-state index is 7.33. The van der Waals surface area contributed by atoms with Crippen molar-refractivity contribution in [1.82, 2.24) is 9.97 Å². The van der Waals surface area contributed by atoms with Crippen LogP contribution < -0.4 is 0 Å². The molecule has 0 aliphatic carbocycles. The Bertz CT molecular complexity index is 368. The van der Waals surface area contributed by atoms with Crippen molar-refractivity contribution in [2.75, 3.05) is 0 Å². The van der Waals surface area contributed by atoms with E-state index < -0.39 is 0 Å². The van der Waals surface area contributed by atoms with E-state index in [-0.39, 0.29) is 5.71 Å². The lowest BCUT2D eigenvalue weighted by Gasteiger charge is -1.84. The molecule has 0 bridgehead atoms. The molecule has 0 aliphatic rings. The second-order valence-electron chi connectivity index (χ2n) is 2.25. The molecule has 64 valence electrons. The summed E-state index contributed by atoms with van der Waals surface area (Å²) in [6, 6.07) is 0. The summed E-state index contributed by atoms with van der Waals surface area (Å²) in [6.45, 7) is 1.85. The highest BCUT2D eigenvalue weighted by molar-refractivity contribution is 6.06. The fourth-order valence-corrected chi connectivity index (χ4v) is 0.703. The standard InChI is InChI=1S/C10H9N3/c1-2-3-9(11)4-5-10-8-12-6-7-13-10/h2-3,6-8,11H,1H3/b3-2+,11-9?. The molecule has 1 aromatic heterocycles. The van der Waals surface area contributed by atoms with Crippen molar-refractivity contribution in [2.45, 2.75) is 6.92 Å². The third-order valence-corrected chi connectivity index (χ3v) is 1.22. The van der Waals surface area contributed by atoms with Crippen LogP contribution in [0.5, 0.6) is 0 Å². The average molecular weight is 171 g/mol. The van der Waals surface area contributed by atoms with E-state index in [0.29, 0.717) is 5.69 Å². The molecule has 1 heterocycles. The highest BCUT2D eigenvalue weighted by Gasteiger charge is 1.84. The van der Waals surface area contributed by atoms with Gasteiger partial charge in [-0.1, -0.05) is 6.08 Å². The van der Waals surface area contributed by atoms with Crippen LogP contribution in [0.4, 0.5) is 0 Å². The molecule has 0 fully saturated rings. The number of allylic oxidation sites excluding steroid dienone is 2. The summed E-state index contributed by atoms with van der Waals surface area (Å²) < 4.78 is 0. The summed E-state index contributed by atoms with van der Waals surface area (Å²) in [6.07, 6.45) is 8.12. The Morgan fingerprint density at radius 2 is 2.38 bits per heavy atom. The van der Waals surface area contributed by atoms with E-state index in [1.54, 1.807) is 30.7 Å². The molecular formula is C10H9N3. The predicted molar refractivity (Wildman–Crippen MR) is 51.5 cm³/mol. The van der Waals surface area contributed by atoms with Gasteiger partial charge in [0, 0.05) is 12.4 Å². The number of hydrogen-bond donors (Lipinski definition) is 1. The van der Waals surface area contributed by atoms with Crippen molar-refractivity contribution in [2.24, 2.45) is 0 Å². The largest absolute Gasteiger partial charge is 0.292 e. The first-order chi connectivity index (χ1) is 6.33. The lowest BCUT2D eigenvalue weighted by molar-refractivity contribution is 1.17. The highest BCUT2D eigenvalue weighted by atomic mass is 14.7. The minimum absolute atomic E-state index is 0.271. The van der Waals surface area contributed by atoms with Gasteiger partial charge in [-0.05, 0) is 24.8 Å². The average Bonchev–Trinajstić information content (AvgIpc) is 2.17. The van der Waals surface area contributed by atoms with Crippen molar-refractivity contribution in [3.05, 3.63) is 36.4 Å². The van der Waals surface area contributed by atoms with E-state index in [0.717, 1.165) is 0 Å². The van der Waals surface area contributed by atoms with Crippen LogP contribution in [0.2, 0.25) is 0 Å². The Balaban J connectivity index is 2.73. The molecule has 1 N–H and O–H groups in total. The fourth-order valence-electron chi connectivity index (χ4n) is 0.703. The van der Waals surface area contributed by atoms with Crippen LogP contribution in [0.15, 0.2) is 30.7 Å². The molecule has 0 unspecified atom stereocenters. The smallest absolute Gasteiger partial charge is 0.131 e. The van der Waals surface area contributed by atoms with Crippen LogP contribution in [0, 0.1) is 17.3 Å². The van der Waals surface area contributed by atoms with Crippen molar-refractivity contribution in [3.63, 3.8) is 0 Å². The van der Waals surface area contributed by atoms with E-state index >= 15 is 0 Å². The number of nitrogens with zero attached hydrogens (tertiary/aromatic N) is 2. The SMILES string of the molecule is C/C=C/C(=N)C#Cc1cnccn1. The van der Waals surface area contributed by atoms with Crippen LogP contribution in [-0.2, 0) is 0 Å². The molecule has 13 heavy (non-hydrogen) atoms. The van der Waals surface area contributed by atoms with E-state index in [1.807, 2.05) is 6.92 Å². The lowest BCUT2D eigenvalue weighted by atomic mass is 10.3. The summed E-state index contributed by atoms with van der Waals surface area (Å²) in [5.41, 5.74) is 0.852. The third kappa shape index (κ3) is 3.30. The number of aromatic nitrogens is 2. The van der Waals surface area contributed by atoms with Gasteiger partial charge in [0.25, 0.3) is 0 Å². The summed E-state index contributed by atoms with van der Waals surface area (Å²) in [4.78, 5) is 7.81. The van der Waals surface area contributed by atoms with Crippen LogP contribution >= 0.6 is 0 Å². The quantitative estimate of drug-likeness (QED) is 0.513. The van der Waals surface area contributed by atoms with Gasteiger partial charge in [0.15, 0.2) is 0 Å². The number of rotatable bonds is 1. The summed E-state index contributed by atoms with van der Waals surface area (Å²) in [7, 11) is 0. The zero-order valence-electron chi connectivity index (χ0n) is 7.28. The molecule has 0 radical (unpaired) electrons. The Morgan fingerprint density at radius 1 is 1.54 bits per heavy atom.